The third kappa shape index (κ3) is 3.49. The Morgan fingerprint density at radius 2 is 2.04 bits per heavy atom. The number of nitrogens with zero attached hydrogens (tertiary/aromatic N) is 3. The molecule has 1 fully saturated rings. The van der Waals surface area contributed by atoms with Crippen LogP contribution in [0.25, 0.3) is 22.0 Å². The summed E-state index contributed by atoms with van der Waals surface area (Å²) in [5, 5.41) is 4.37. The zero-order valence-electron chi connectivity index (χ0n) is 15.0. The van der Waals surface area contributed by atoms with E-state index in [9.17, 15) is 13.6 Å². The Kier molecular flexibility index (Phi) is 4.30. The zero-order chi connectivity index (χ0) is 19.1. The van der Waals surface area contributed by atoms with E-state index in [1.807, 2.05) is 13.0 Å². The third-order valence-corrected chi connectivity index (χ3v) is 4.89. The molecule has 3 aromatic heterocycles. The van der Waals surface area contributed by atoms with Crippen LogP contribution >= 0.6 is 0 Å². The van der Waals surface area contributed by atoms with E-state index in [0.717, 1.165) is 16.5 Å². The lowest BCUT2D eigenvalue weighted by Gasteiger charge is -2.10. The van der Waals surface area contributed by atoms with Gasteiger partial charge in [0.25, 0.3) is 0 Å². The van der Waals surface area contributed by atoms with Crippen LogP contribution in [0.4, 0.5) is 14.6 Å². The molecule has 5 nitrogen and oxygen atoms in total. The zero-order valence-corrected chi connectivity index (χ0v) is 15.0. The van der Waals surface area contributed by atoms with Crippen LogP contribution in [-0.2, 0) is 4.79 Å². The number of aryl methyl sites for hydroxylation is 1. The van der Waals surface area contributed by atoms with Gasteiger partial charge in [-0.2, -0.15) is 0 Å². The molecule has 0 bridgehead atoms. The average Bonchev–Trinajstić information content (AvgIpc) is 3.32. The lowest BCUT2D eigenvalue weighted by atomic mass is 10.0. The smallest absolute Gasteiger partial charge is 0.225 e. The van der Waals surface area contributed by atoms with E-state index in [1.54, 1.807) is 25.4 Å². The fourth-order valence-electron chi connectivity index (χ4n) is 3.13. The summed E-state index contributed by atoms with van der Waals surface area (Å²) >= 11 is 0. The molecule has 138 valence electrons. The van der Waals surface area contributed by atoms with Gasteiger partial charge in [0.05, 0.1) is 11.9 Å². The lowest BCUT2D eigenvalue weighted by Crippen LogP contribution is -2.13. The Hall–Kier alpha value is -2.96. The number of carbonyl (C=O) groups excluding carboxylic acids is 1. The highest BCUT2D eigenvalue weighted by atomic mass is 19.1. The highest BCUT2D eigenvalue weighted by Crippen LogP contribution is 2.37. The Bertz CT molecular complexity index is 1050. The van der Waals surface area contributed by atoms with Gasteiger partial charge in [-0.15, -0.1) is 0 Å². The molecular weight excluding hydrogens is 350 g/mol. The second-order valence-electron chi connectivity index (χ2n) is 6.94. The number of anilines is 1. The number of halogens is 2. The van der Waals surface area contributed by atoms with Gasteiger partial charge in [0.15, 0.2) is 0 Å². The molecule has 1 N–H and O–H groups in total. The van der Waals surface area contributed by atoms with Crippen molar-refractivity contribution in [3.8, 4) is 11.3 Å². The van der Waals surface area contributed by atoms with Gasteiger partial charge in [-0.3, -0.25) is 14.8 Å². The minimum Gasteiger partial charge on any atom is -0.311 e. The van der Waals surface area contributed by atoms with E-state index in [2.05, 4.69) is 20.3 Å². The van der Waals surface area contributed by atoms with Crippen LogP contribution in [0.15, 0.2) is 30.7 Å². The summed E-state index contributed by atoms with van der Waals surface area (Å²) in [4.78, 5) is 24.7. The summed E-state index contributed by atoms with van der Waals surface area (Å²) in [5.41, 5.74) is 2.46. The first-order chi connectivity index (χ1) is 12.9. The fourth-order valence-corrected chi connectivity index (χ4v) is 3.13. The SMILES string of the molecule is Cc1c(F)cncc1-c1cc2cnc(NC(=O)CC3CC3F)cc2c(C)n1. The van der Waals surface area contributed by atoms with E-state index in [0.29, 0.717) is 29.1 Å². The quantitative estimate of drug-likeness (QED) is 0.752. The molecular formula is C20H18F2N4O. The first-order valence-corrected chi connectivity index (χ1v) is 8.74. The topological polar surface area (TPSA) is 67.8 Å². The summed E-state index contributed by atoms with van der Waals surface area (Å²) in [6, 6.07) is 3.57. The monoisotopic (exact) mass is 368 g/mol. The van der Waals surface area contributed by atoms with Crippen molar-refractivity contribution in [2.75, 3.05) is 5.32 Å². The van der Waals surface area contributed by atoms with E-state index in [-0.39, 0.29) is 24.1 Å². The molecule has 2 atom stereocenters. The largest absolute Gasteiger partial charge is 0.311 e. The van der Waals surface area contributed by atoms with Gasteiger partial charge < -0.3 is 5.32 Å². The lowest BCUT2D eigenvalue weighted by molar-refractivity contribution is -0.116. The maximum absolute atomic E-state index is 13.8. The normalized spacial score (nSPS) is 18.5. The highest BCUT2D eigenvalue weighted by Gasteiger charge is 2.38. The summed E-state index contributed by atoms with van der Waals surface area (Å²) in [6.45, 7) is 3.53. The molecule has 1 aliphatic rings. The number of carbonyl (C=O) groups is 1. The number of nitrogens with one attached hydrogen (secondary N) is 1. The molecule has 4 rings (SSSR count). The van der Waals surface area contributed by atoms with Crippen LogP contribution in [0.3, 0.4) is 0 Å². The van der Waals surface area contributed by atoms with Crippen LogP contribution in [0.1, 0.15) is 24.1 Å². The van der Waals surface area contributed by atoms with Crippen LogP contribution in [0, 0.1) is 25.6 Å². The first kappa shape index (κ1) is 17.5. The summed E-state index contributed by atoms with van der Waals surface area (Å²) < 4.78 is 26.7. The van der Waals surface area contributed by atoms with Crippen molar-refractivity contribution in [3.63, 3.8) is 0 Å². The molecule has 3 heterocycles. The van der Waals surface area contributed by atoms with E-state index in [4.69, 9.17) is 0 Å². The Morgan fingerprint density at radius 3 is 2.78 bits per heavy atom. The van der Waals surface area contributed by atoms with Crippen molar-refractivity contribution in [2.45, 2.75) is 32.9 Å². The average molecular weight is 368 g/mol. The third-order valence-electron chi connectivity index (χ3n) is 4.89. The van der Waals surface area contributed by atoms with Crippen molar-refractivity contribution in [1.82, 2.24) is 15.0 Å². The Labute approximate surface area is 154 Å². The number of fused-ring (bicyclic) bond motifs is 1. The van der Waals surface area contributed by atoms with Crippen LogP contribution < -0.4 is 5.32 Å². The fraction of sp³-hybridized carbons (Fsp3) is 0.300. The molecule has 7 heteroatoms. The van der Waals surface area contributed by atoms with Crippen LogP contribution in [0.2, 0.25) is 0 Å². The van der Waals surface area contributed by atoms with Crippen molar-refractivity contribution >= 4 is 22.5 Å². The molecule has 3 aromatic rings. The number of hydrogen-bond acceptors (Lipinski definition) is 4. The van der Waals surface area contributed by atoms with Gasteiger partial charge in [0.1, 0.15) is 17.8 Å². The van der Waals surface area contributed by atoms with Gasteiger partial charge in [0, 0.05) is 46.8 Å². The molecule has 0 aliphatic heterocycles. The minimum absolute atomic E-state index is 0.167. The van der Waals surface area contributed by atoms with Gasteiger partial charge in [-0.25, -0.2) is 13.8 Å². The van der Waals surface area contributed by atoms with Crippen molar-refractivity contribution in [3.05, 3.63) is 47.8 Å². The van der Waals surface area contributed by atoms with E-state index in [1.165, 1.54) is 6.20 Å². The number of pyridine rings is 3. The number of hydrogen-bond donors (Lipinski definition) is 1. The highest BCUT2D eigenvalue weighted by molar-refractivity contribution is 5.94. The molecule has 0 saturated heterocycles. The van der Waals surface area contributed by atoms with Crippen molar-refractivity contribution < 1.29 is 13.6 Å². The number of aromatic nitrogens is 3. The summed E-state index contributed by atoms with van der Waals surface area (Å²) in [5.74, 6) is -0.380. The van der Waals surface area contributed by atoms with Gasteiger partial charge >= 0.3 is 0 Å². The van der Waals surface area contributed by atoms with Crippen molar-refractivity contribution in [1.29, 1.82) is 0 Å². The minimum atomic E-state index is -0.856. The second-order valence-corrected chi connectivity index (χ2v) is 6.94. The molecule has 0 aromatic carbocycles. The molecule has 1 amide bonds. The molecule has 2 unspecified atom stereocenters. The maximum Gasteiger partial charge on any atom is 0.225 e. The number of rotatable bonds is 4. The molecule has 0 spiro atoms. The van der Waals surface area contributed by atoms with Gasteiger partial charge in [0.2, 0.25) is 5.91 Å². The first-order valence-electron chi connectivity index (χ1n) is 8.74. The Morgan fingerprint density at radius 1 is 1.26 bits per heavy atom. The van der Waals surface area contributed by atoms with Gasteiger partial charge in [-0.05, 0) is 38.0 Å². The second kappa shape index (κ2) is 6.64. The summed E-state index contributed by atoms with van der Waals surface area (Å²) in [7, 11) is 0. The van der Waals surface area contributed by atoms with E-state index < -0.39 is 6.17 Å². The molecule has 1 saturated carbocycles. The molecule has 0 radical (unpaired) electrons. The molecule has 1 aliphatic carbocycles. The maximum atomic E-state index is 13.8. The van der Waals surface area contributed by atoms with Crippen molar-refractivity contribution in [2.24, 2.45) is 5.92 Å². The Balaban J connectivity index is 1.64. The van der Waals surface area contributed by atoms with E-state index >= 15 is 0 Å². The van der Waals surface area contributed by atoms with Crippen LogP contribution in [0.5, 0.6) is 0 Å². The predicted octanol–water partition coefficient (Wildman–Crippen LogP) is 4.13. The standard InChI is InChI=1S/C20H18F2N4O/c1-10-15(8-23-9-17(10)22)18-4-13-7-24-19(6-14(13)11(2)25-18)26-20(27)5-12-3-16(12)21/h4,6-9,12,16H,3,5H2,1-2H3,(H,24,26,27). The predicted molar refractivity (Wildman–Crippen MR) is 98.5 cm³/mol. The summed E-state index contributed by atoms with van der Waals surface area (Å²) in [6.07, 6.45) is 4.17. The number of amides is 1. The van der Waals surface area contributed by atoms with Gasteiger partial charge in [-0.1, -0.05) is 0 Å². The number of alkyl halides is 1. The van der Waals surface area contributed by atoms with Crippen LogP contribution in [-0.4, -0.2) is 27.0 Å². The molecule has 27 heavy (non-hydrogen) atoms.